The number of carbonyl (C=O) groups is 1. The second-order valence-electron chi connectivity index (χ2n) is 11.0. The number of nitrogens with zero attached hydrogens (tertiary/aromatic N) is 2. The number of hydrogen-bond acceptors (Lipinski definition) is 4. The third-order valence-electron chi connectivity index (χ3n) is 8.11. The third-order valence-corrected chi connectivity index (χ3v) is 8.11. The first kappa shape index (κ1) is 31.7. The monoisotopic (exact) mass is 548 g/mol. The largest absolute Gasteiger partial charge is 0.497 e. The number of nitrogens with one attached hydrogen (secondary N) is 2. The van der Waals surface area contributed by atoms with Crippen LogP contribution in [0.3, 0.4) is 0 Å². The predicted molar refractivity (Wildman–Crippen MR) is 167 cm³/mol. The fraction of sp³-hybridized carbons (Fsp3) is 0.588. The van der Waals surface area contributed by atoms with Crippen LogP contribution in [0.15, 0.2) is 48.8 Å². The number of hydrogen-bond donors (Lipinski definition) is 2. The lowest BCUT2D eigenvalue weighted by atomic mass is 9.86. The second-order valence-corrected chi connectivity index (χ2v) is 11.0. The van der Waals surface area contributed by atoms with Crippen molar-refractivity contribution in [1.82, 2.24) is 20.2 Å². The molecule has 3 fully saturated rings. The molecule has 1 aromatic carbocycles. The molecule has 1 aromatic heterocycles. The van der Waals surface area contributed by atoms with Crippen LogP contribution in [0.1, 0.15) is 101 Å². The van der Waals surface area contributed by atoms with Gasteiger partial charge in [-0.3, -0.25) is 4.79 Å². The van der Waals surface area contributed by atoms with Crippen LogP contribution in [-0.4, -0.2) is 53.6 Å². The van der Waals surface area contributed by atoms with E-state index >= 15 is 0 Å². The van der Waals surface area contributed by atoms with Gasteiger partial charge in [0.05, 0.1) is 13.4 Å². The summed E-state index contributed by atoms with van der Waals surface area (Å²) >= 11 is 0. The SMILES string of the molecule is C/C=C\C(=C/C)c1nc[nH]c1C(=O)N1CCNC[C@H]1Cc1ccc(OC)cc1.C1CCC(CC2CC2)CC1.CC. The Hall–Kier alpha value is -2.86. The van der Waals surface area contributed by atoms with E-state index in [0.717, 1.165) is 36.8 Å². The average Bonchev–Trinajstić information content (AvgIpc) is 3.69. The Balaban J connectivity index is 0.000000304. The van der Waals surface area contributed by atoms with E-state index in [2.05, 4.69) is 27.4 Å². The highest BCUT2D eigenvalue weighted by atomic mass is 16.5. The molecule has 2 N–H and O–H groups in total. The quantitative estimate of drug-likeness (QED) is 0.336. The number of amides is 1. The third kappa shape index (κ3) is 9.36. The Labute approximate surface area is 242 Å². The zero-order chi connectivity index (χ0) is 28.7. The minimum atomic E-state index is -0.00337. The molecule has 0 bridgehead atoms. The summed E-state index contributed by atoms with van der Waals surface area (Å²) in [6.07, 6.45) is 20.6. The van der Waals surface area contributed by atoms with Gasteiger partial charge in [-0.25, -0.2) is 4.98 Å². The molecule has 5 rings (SSSR count). The van der Waals surface area contributed by atoms with Crippen LogP contribution in [0.25, 0.3) is 5.57 Å². The summed E-state index contributed by atoms with van der Waals surface area (Å²) in [6.45, 7) is 10.1. The fourth-order valence-electron chi connectivity index (χ4n) is 5.80. The maximum Gasteiger partial charge on any atom is 0.272 e. The molecular weight excluding hydrogens is 496 g/mol. The minimum absolute atomic E-state index is 0.00337. The molecule has 6 nitrogen and oxygen atoms in total. The van der Waals surface area contributed by atoms with Crippen molar-refractivity contribution in [2.45, 2.75) is 91.5 Å². The minimum Gasteiger partial charge on any atom is -0.497 e. The van der Waals surface area contributed by atoms with Crippen LogP contribution >= 0.6 is 0 Å². The van der Waals surface area contributed by atoms with E-state index < -0.39 is 0 Å². The molecule has 2 saturated carbocycles. The number of ether oxygens (including phenoxy) is 1. The topological polar surface area (TPSA) is 70.2 Å². The van der Waals surface area contributed by atoms with Crippen molar-refractivity contribution in [3.63, 3.8) is 0 Å². The summed E-state index contributed by atoms with van der Waals surface area (Å²) in [6, 6.07) is 8.12. The Bertz CT molecular complexity index is 1060. The van der Waals surface area contributed by atoms with Crippen molar-refractivity contribution in [1.29, 1.82) is 0 Å². The van der Waals surface area contributed by atoms with Gasteiger partial charge < -0.3 is 19.9 Å². The molecule has 3 aliphatic rings. The van der Waals surface area contributed by atoms with E-state index in [1.807, 2.05) is 63.0 Å². The van der Waals surface area contributed by atoms with Gasteiger partial charge in [0, 0.05) is 25.7 Å². The molecule has 40 heavy (non-hydrogen) atoms. The maximum atomic E-state index is 13.4. The van der Waals surface area contributed by atoms with E-state index in [-0.39, 0.29) is 11.9 Å². The maximum absolute atomic E-state index is 13.4. The Morgan fingerprint density at radius 1 is 1.05 bits per heavy atom. The van der Waals surface area contributed by atoms with Gasteiger partial charge in [-0.05, 0) is 61.8 Å². The van der Waals surface area contributed by atoms with E-state index in [1.165, 1.54) is 30.7 Å². The molecule has 2 aromatic rings. The number of carbonyl (C=O) groups excluding carboxylic acids is 1. The van der Waals surface area contributed by atoms with Crippen molar-refractivity contribution < 1.29 is 9.53 Å². The van der Waals surface area contributed by atoms with Gasteiger partial charge in [-0.15, -0.1) is 0 Å². The fourth-order valence-corrected chi connectivity index (χ4v) is 5.80. The van der Waals surface area contributed by atoms with Crippen LogP contribution in [-0.2, 0) is 6.42 Å². The molecular formula is C34H52N4O2. The summed E-state index contributed by atoms with van der Waals surface area (Å²) in [7, 11) is 1.66. The number of aromatic amines is 1. The van der Waals surface area contributed by atoms with Gasteiger partial charge in [-0.2, -0.15) is 0 Å². The van der Waals surface area contributed by atoms with Crippen molar-refractivity contribution in [3.05, 3.63) is 65.8 Å². The number of methoxy groups -OCH3 is 1. The molecule has 2 aliphatic carbocycles. The van der Waals surface area contributed by atoms with E-state index in [1.54, 1.807) is 45.5 Å². The summed E-state index contributed by atoms with van der Waals surface area (Å²) < 4.78 is 5.23. The number of H-pyrrole nitrogens is 1. The van der Waals surface area contributed by atoms with Gasteiger partial charge in [0.1, 0.15) is 17.1 Å². The van der Waals surface area contributed by atoms with Gasteiger partial charge in [-0.1, -0.05) is 89.2 Å². The molecule has 220 valence electrons. The Kier molecular flexibility index (Phi) is 13.5. The first-order valence-corrected chi connectivity index (χ1v) is 15.6. The standard InChI is InChI=1S/C22H28N4O2.C10H18.C2H6/c1-4-6-17(5-2)20-21(25-15-24-20)22(27)26-12-11-23-14-18(26)13-16-7-9-19(28-3)10-8-16;1-2-4-9(5-3-1)8-10-6-7-10;1-2/h4-10,15,18,23H,11-14H2,1-3H3,(H,24,25);9-10H,1-8H2;1-2H3/b6-4-,17-5+;;/t18-;;/m1../s1. The molecule has 6 heteroatoms. The summed E-state index contributed by atoms with van der Waals surface area (Å²) in [5.74, 6) is 3.14. The lowest BCUT2D eigenvalue weighted by Gasteiger charge is -2.36. The van der Waals surface area contributed by atoms with Gasteiger partial charge in [0.2, 0.25) is 0 Å². The van der Waals surface area contributed by atoms with Crippen LogP contribution in [0.2, 0.25) is 0 Å². The average molecular weight is 549 g/mol. The number of allylic oxidation sites excluding steroid dienone is 4. The Morgan fingerprint density at radius 2 is 1.75 bits per heavy atom. The molecule has 2 heterocycles. The van der Waals surface area contributed by atoms with E-state index in [0.29, 0.717) is 17.9 Å². The molecule has 1 aliphatic heterocycles. The number of aromatic nitrogens is 2. The molecule has 0 radical (unpaired) electrons. The van der Waals surface area contributed by atoms with Crippen molar-refractivity contribution in [2.24, 2.45) is 11.8 Å². The first-order chi connectivity index (χ1) is 19.6. The number of benzene rings is 1. The van der Waals surface area contributed by atoms with Crippen LogP contribution in [0.5, 0.6) is 5.75 Å². The summed E-state index contributed by atoms with van der Waals surface area (Å²) in [4.78, 5) is 22.8. The first-order valence-electron chi connectivity index (χ1n) is 15.6. The molecule has 1 amide bonds. The smallest absolute Gasteiger partial charge is 0.272 e. The van der Waals surface area contributed by atoms with Crippen LogP contribution in [0.4, 0.5) is 0 Å². The van der Waals surface area contributed by atoms with Crippen LogP contribution in [0, 0.1) is 11.8 Å². The lowest BCUT2D eigenvalue weighted by Crippen LogP contribution is -2.54. The van der Waals surface area contributed by atoms with Crippen molar-refractivity contribution in [3.8, 4) is 5.75 Å². The van der Waals surface area contributed by atoms with E-state index in [9.17, 15) is 4.79 Å². The highest BCUT2D eigenvalue weighted by molar-refractivity contribution is 5.98. The summed E-state index contributed by atoms with van der Waals surface area (Å²) in [5, 5.41) is 3.41. The second kappa shape index (κ2) is 17.1. The molecule has 0 unspecified atom stereocenters. The normalized spacial score (nSPS) is 19.9. The molecule has 0 spiro atoms. The molecule has 1 saturated heterocycles. The lowest BCUT2D eigenvalue weighted by molar-refractivity contribution is 0.0630. The predicted octanol–water partition coefficient (Wildman–Crippen LogP) is 7.45. The molecule has 1 atom stereocenters. The highest BCUT2D eigenvalue weighted by Gasteiger charge is 2.30. The number of imidazole rings is 1. The number of piperazine rings is 1. The van der Waals surface area contributed by atoms with Crippen molar-refractivity contribution >= 4 is 11.5 Å². The van der Waals surface area contributed by atoms with Crippen molar-refractivity contribution in [2.75, 3.05) is 26.7 Å². The zero-order valence-corrected chi connectivity index (χ0v) is 25.5. The highest BCUT2D eigenvalue weighted by Crippen LogP contribution is 2.39. The zero-order valence-electron chi connectivity index (χ0n) is 25.5. The van der Waals surface area contributed by atoms with Gasteiger partial charge in [0.15, 0.2) is 0 Å². The van der Waals surface area contributed by atoms with E-state index in [4.69, 9.17) is 4.74 Å². The summed E-state index contributed by atoms with van der Waals surface area (Å²) in [5.41, 5.74) is 3.37. The van der Waals surface area contributed by atoms with Crippen LogP contribution < -0.4 is 10.1 Å². The van der Waals surface area contributed by atoms with Gasteiger partial charge in [0.25, 0.3) is 5.91 Å². The Morgan fingerprint density at radius 3 is 2.38 bits per heavy atom. The van der Waals surface area contributed by atoms with Gasteiger partial charge >= 0.3 is 0 Å². The number of rotatable bonds is 8.